The van der Waals surface area contributed by atoms with Crippen molar-refractivity contribution >= 4 is 43.5 Å². The van der Waals surface area contributed by atoms with Crippen molar-refractivity contribution in [1.82, 2.24) is 0 Å². The van der Waals surface area contributed by atoms with Gasteiger partial charge in [-0.2, -0.15) is 0 Å². The molecule has 6 heteroatoms. The monoisotopic (exact) mass is 351 g/mol. The Hall–Kier alpha value is -0.590. The number of ether oxygens (including phenoxy) is 2. The molecule has 0 heterocycles. The molecule has 1 aromatic rings. The molecule has 4 nitrogen and oxygen atoms in total. The summed E-state index contributed by atoms with van der Waals surface area (Å²) in [4.78, 5) is 11.3. The molecule has 0 spiro atoms. The summed E-state index contributed by atoms with van der Waals surface area (Å²) in [7, 11) is 3.03. The predicted molar refractivity (Wildman–Crippen MR) is 68.9 cm³/mol. The van der Waals surface area contributed by atoms with Gasteiger partial charge < -0.3 is 14.8 Å². The second-order valence-corrected chi connectivity index (χ2v) is 4.66. The molecular weight excluding hydrogens is 342 g/mol. The first kappa shape index (κ1) is 13.5. The molecule has 0 saturated heterocycles. The lowest BCUT2D eigenvalue weighted by Gasteiger charge is -2.10. The molecule has 0 atom stereocenters. The minimum absolute atomic E-state index is 0.0187. The zero-order valence-corrected chi connectivity index (χ0v) is 12.0. The van der Waals surface area contributed by atoms with Gasteiger partial charge in [-0.25, -0.2) is 0 Å². The lowest BCUT2D eigenvalue weighted by atomic mass is 10.3. The lowest BCUT2D eigenvalue weighted by molar-refractivity contribution is -0.119. The minimum atomic E-state index is -0.215. The van der Waals surface area contributed by atoms with E-state index in [1.807, 2.05) is 0 Å². The number of rotatable bonds is 4. The number of hydrogen-bond donors (Lipinski definition) is 1. The van der Waals surface area contributed by atoms with Crippen molar-refractivity contribution < 1.29 is 14.3 Å². The number of carbonyl (C=O) groups excluding carboxylic acids is 1. The number of anilines is 1. The Morgan fingerprint density at radius 2 is 2.00 bits per heavy atom. The molecular formula is C10H11Br2NO3. The Balaban J connectivity index is 2.91. The number of hydrogen-bond acceptors (Lipinski definition) is 3. The van der Waals surface area contributed by atoms with Crippen LogP contribution in [0, 0.1) is 0 Å². The molecule has 0 saturated carbocycles. The molecule has 0 aliphatic heterocycles. The molecule has 0 aromatic heterocycles. The third kappa shape index (κ3) is 3.47. The van der Waals surface area contributed by atoms with Crippen molar-refractivity contribution in [3.05, 3.63) is 21.1 Å². The van der Waals surface area contributed by atoms with Gasteiger partial charge in [0.2, 0.25) is 5.91 Å². The van der Waals surface area contributed by atoms with Gasteiger partial charge >= 0.3 is 0 Å². The summed E-state index contributed by atoms with van der Waals surface area (Å²) in [5.41, 5.74) is 0.641. The van der Waals surface area contributed by atoms with Crippen LogP contribution in [0.1, 0.15) is 0 Å². The topological polar surface area (TPSA) is 47.6 Å². The first-order chi connectivity index (χ1) is 7.58. The summed E-state index contributed by atoms with van der Waals surface area (Å²) >= 11 is 6.69. The van der Waals surface area contributed by atoms with Crippen LogP contribution in [0.4, 0.5) is 5.69 Å². The highest BCUT2D eigenvalue weighted by Gasteiger charge is 2.09. The molecule has 0 unspecified atom stereocenters. The quantitative estimate of drug-likeness (QED) is 0.906. The Morgan fingerprint density at radius 3 is 2.56 bits per heavy atom. The molecule has 1 rings (SSSR count). The van der Waals surface area contributed by atoms with Gasteiger partial charge in [-0.3, -0.25) is 4.79 Å². The van der Waals surface area contributed by atoms with Crippen LogP contribution < -0.4 is 10.1 Å². The zero-order chi connectivity index (χ0) is 12.1. The summed E-state index contributed by atoms with van der Waals surface area (Å²) in [6.45, 7) is 0.0187. The van der Waals surface area contributed by atoms with Crippen molar-refractivity contribution in [2.24, 2.45) is 0 Å². The maximum Gasteiger partial charge on any atom is 0.250 e. The van der Waals surface area contributed by atoms with Gasteiger partial charge in [-0.15, -0.1) is 0 Å². The minimum Gasteiger partial charge on any atom is -0.495 e. The van der Waals surface area contributed by atoms with Crippen LogP contribution in [0.15, 0.2) is 21.1 Å². The van der Waals surface area contributed by atoms with E-state index in [2.05, 4.69) is 37.2 Å². The molecule has 0 radical (unpaired) electrons. The van der Waals surface area contributed by atoms with Gasteiger partial charge in [0, 0.05) is 17.6 Å². The summed E-state index contributed by atoms with van der Waals surface area (Å²) < 4.78 is 11.4. The van der Waals surface area contributed by atoms with E-state index in [1.54, 1.807) is 19.2 Å². The summed E-state index contributed by atoms with van der Waals surface area (Å²) in [5, 5.41) is 2.70. The van der Waals surface area contributed by atoms with Gasteiger partial charge in [0.05, 0.1) is 17.3 Å². The average molecular weight is 353 g/mol. The fraction of sp³-hybridized carbons (Fsp3) is 0.300. The smallest absolute Gasteiger partial charge is 0.250 e. The number of benzene rings is 1. The van der Waals surface area contributed by atoms with Crippen LogP contribution in [0.3, 0.4) is 0 Å². The molecule has 1 amide bonds. The van der Waals surface area contributed by atoms with E-state index in [0.717, 1.165) is 8.95 Å². The fourth-order valence-corrected chi connectivity index (χ4v) is 2.35. The standard InChI is InChI=1S/C10H11Br2NO3/c1-15-5-10(14)13-8-4-9(16-2)7(12)3-6(8)11/h3-4H,5H2,1-2H3,(H,13,14). The van der Waals surface area contributed by atoms with Crippen LogP contribution in [-0.2, 0) is 9.53 Å². The number of amides is 1. The zero-order valence-electron chi connectivity index (χ0n) is 8.84. The predicted octanol–water partition coefficient (Wildman–Crippen LogP) is 2.81. The van der Waals surface area contributed by atoms with Gasteiger partial charge in [0.25, 0.3) is 0 Å². The van der Waals surface area contributed by atoms with Crippen LogP contribution in [-0.4, -0.2) is 26.7 Å². The Kier molecular flexibility index (Phi) is 5.24. The second kappa shape index (κ2) is 6.22. The van der Waals surface area contributed by atoms with E-state index in [0.29, 0.717) is 11.4 Å². The molecule has 16 heavy (non-hydrogen) atoms. The maximum absolute atomic E-state index is 11.3. The van der Waals surface area contributed by atoms with Crippen molar-refractivity contribution in [2.75, 3.05) is 26.1 Å². The molecule has 0 fully saturated rings. The molecule has 1 aromatic carbocycles. The first-order valence-electron chi connectivity index (χ1n) is 4.40. The van der Waals surface area contributed by atoms with Crippen molar-refractivity contribution in [2.45, 2.75) is 0 Å². The highest BCUT2D eigenvalue weighted by molar-refractivity contribution is 9.11. The van der Waals surface area contributed by atoms with E-state index in [1.165, 1.54) is 7.11 Å². The van der Waals surface area contributed by atoms with E-state index in [-0.39, 0.29) is 12.5 Å². The SMILES string of the molecule is COCC(=O)Nc1cc(OC)c(Br)cc1Br. The van der Waals surface area contributed by atoms with Gasteiger partial charge in [-0.05, 0) is 37.9 Å². The average Bonchev–Trinajstić information content (AvgIpc) is 2.22. The van der Waals surface area contributed by atoms with Crippen LogP contribution in [0.2, 0.25) is 0 Å². The van der Waals surface area contributed by atoms with E-state index in [4.69, 9.17) is 9.47 Å². The number of carbonyl (C=O) groups is 1. The van der Waals surface area contributed by atoms with Crippen LogP contribution in [0.25, 0.3) is 0 Å². The third-order valence-electron chi connectivity index (χ3n) is 1.79. The van der Waals surface area contributed by atoms with E-state index >= 15 is 0 Å². The van der Waals surface area contributed by atoms with Gasteiger partial charge in [0.15, 0.2) is 0 Å². The third-order valence-corrected chi connectivity index (χ3v) is 3.07. The van der Waals surface area contributed by atoms with Crippen molar-refractivity contribution in [3.63, 3.8) is 0 Å². The largest absolute Gasteiger partial charge is 0.495 e. The number of methoxy groups -OCH3 is 2. The normalized spacial score (nSPS) is 10.0. The van der Waals surface area contributed by atoms with Gasteiger partial charge in [0.1, 0.15) is 12.4 Å². The Labute approximate surface area is 111 Å². The van der Waals surface area contributed by atoms with Gasteiger partial charge in [-0.1, -0.05) is 0 Å². The van der Waals surface area contributed by atoms with Crippen LogP contribution >= 0.6 is 31.9 Å². The van der Waals surface area contributed by atoms with Crippen LogP contribution in [0.5, 0.6) is 5.75 Å². The number of nitrogens with one attached hydrogen (secondary N) is 1. The molecule has 1 N–H and O–H groups in total. The highest BCUT2D eigenvalue weighted by atomic mass is 79.9. The van der Waals surface area contributed by atoms with E-state index < -0.39 is 0 Å². The number of halogens is 2. The Morgan fingerprint density at radius 1 is 1.31 bits per heavy atom. The molecule has 88 valence electrons. The Bertz CT molecular complexity index is 396. The summed E-state index contributed by atoms with van der Waals surface area (Å²) in [5.74, 6) is 0.434. The molecule has 0 aliphatic carbocycles. The lowest BCUT2D eigenvalue weighted by Crippen LogP contribution is -2.17. The van der Waals surface area contributed by atoms with Crippen molar-refractivity contribution in [1.29, 1.82) is 0 Å². The van der Waals surface area contributed by atoms with E-state index in [9.17, 15) is 4.79 Å². The molecule has 0 aliphatic rings. The van der Waals surface area contributed by atoms with Crippen molar-refractivity contribution in [3.8, 4) is 5.75 Å². The second-order valence-electron chi connectivity index (χ2n) is 2.95. The maximum atomic E-state index is 11.3. The highest BCUT2D eigenvalue weighted by Crippen LogP contribution is 2.34. The molecule has 0 bridgehead atoms. The fourth-order valence-electron chi connectivity index (χ4n) is 1.10. The summed E-state index contributed by atoms with van der Waals surface area (Å²) in [6, 6.07) is 3.53. The first-order valence-corrected chi connectivity index (χ1v) is 5.99. The summed E-state index contributed by atoms with van der Waals surface area (Å²) in [6.07, 6.45) is 0.